The quantitative estimate of drug-likeness (QED) is 0.906. The molecule has 2 aliphatic rings. The average Bonchev–Trinajstić information content (AvgIpc) is 3.04. The van der Waals surface area contributed by atoms with Crippen LogP contribution in [0.2, 0.25) is 0 Å². The summed E-state index contributed by atoms with van der Waals surface area (Å²) >= 11 is 0. The number of hydrogen-bond donors (Lipinski definition) is 1. The summed E-state index contributed by atoms with van der Waals surface area (Å²) in [6.45, 7) is 3.17. The molecule has 2 nitrogen and oxygen atoms in total. The van der Waals surface area contributed by atoms with Gasteiger partial charge < -0.3 is 10.6 Å². The molecule has 3 rings (SSSR count). The number of halogens is 2. The minimum absolute atomic E-state index is 0. The molecule has 1 aliphatic heterocycles. The maximum Gasteiger partial charge on any atom is 0.0178 e. The van der Waals surface area contributed by atoms with E-state index in [0.29, 0.717) is 12.0 Å². The Bertz CT molecular complexity index is 411. The van der Waals surface area contributed by atoms with E-state index in [1.807, 2.05) is 0 Å². The van der Waals surface area contributed by atoms with E-state index in [-0.39, 0.29) is 24.8 Å². The Balaban J connectivity index is 0.000000810. The standard InChI is InChI=1S/C14H20N2.2ClH/c1-16-6-5-14(8-13(14)10-16)12-4-2-3-11(7-12)9-15;;/h2-4,7,13H,5-6,8-10,15H2,1H3;2*1H. The molecule has 0 bridgehead atoms. The Morgan fingerprint density at radius 3 is 2.83 bits per heavy atom. The molecule has 0 spiro atoms. The zero-order valence-electron chi connectivity index (χ0n) is 10.8. The zero-order valence-corrected chi connectivity index (χ0v) is 12.4. The molecule has 1 saturated carbocycles. The molecule has 1 aliphatic carbocycles. The molecule has 18 heavy (non-hydrogen) atoms. The smallest absolute Gasteiger partial charge is 0.0178 e. The van der Waals surface area contributed by atoms with Gasteiger partial charge in [0.05, 0.1) is 0 Å². The highest BCUT2D eigenvalue weighted by Crippen LogP contribution is 2.58. The highest BCUT2D eigenvalue weighted by Gasteiger charge is 2.56. The van der Waals surface area contributed by atoms with E-state index >= 15 is 0 Å². The van der Waals surface area contributed by atoms with Gasteiger partial charge in [-0.05, 0) is 43.5 Å². The highest BCUT2D eigenvalue weighted by molar-refractivity contribution is 5.85. The first kappa shape index (κ1) is 15.8. The molecule has 2 fully saturated rings. The molecular formula is C14H22Cl2N2. The lowest BCUT2D eigenvalue weighted by atomic mass is 9.86. The van der Waals surface area contributed by atoms with Crippen molar-refractivity contribution in [3.05, 3.63) is 35.4 Å². The topological polar surface area (TPSA) is 29.3 Å². The van der Waals surface area contributed by atoms with E-state index in [1.54, 1.807) is 0 Å². The van der Waals surface area contributed by atoms with Gasteiger partial charge in [0.1, 0.15) is 0 Å². The fourth-order valence-electron chi connectivity index (χ4n) is 3.29. The molecule has 2 N–H and O–H groups in total. The van der Waals surface area contributed by atoms with Crippen LogP contribution in [-0.2, 0) is 12.0 Å². The lowest BCUT2D eigenvalue weighted by Crippen LogP contribution is -2.33. The summed E-state index contributed by atoms with van der Waals surface area (Å²) < 4.78 is 0. The maximum absolute atomic E-state index is 5.72. The van der Waals surface area contributed by atoms with Crippen LogP contribution in [0.1, 0.15) is 24.0 Å². The first-order chi connectivity index (χ1) is 7.74. The second-order valence-electron chi connectivity index (χ2n) is 5.47. The summed E-state index contributed by atoms with van der Waals surface area (Å²) in [6.07, 6.45) is 2.70. The van der Waals surface area contributed by atoms with Crippen LogP contribution in [0.25, 0.3) is 0 Å². The summed E-state index contributed by atoms with van der Waals surface area (Å²) in [6, 6.07) is 8.92. The summed E-state index contributed by atoms with van der Waals surface area (Å²) in [5.74, 6) is 0.888. The minimum atomic E-state index is 0. The fourth-order valence-corrected chi connectivity index (χ4v) is 3.29. The van der Waals surface area contributed by atoms with Crippen molar-refractivity contribution in [1.29, 1.82) is 0 Å². The molecule has 0 aromatic heterocycles. The Labute approximate surface area is 122 Å². The third-order valence-corrected chi connectivity index (χ3v) is 4.44. The summed E-state index contributed by atoms with van der Waals surface area (Å²) in [5.41, 5.74) is 9.04. The number of benzene rings is 1. The van der Waals surface area contributed by atoms with Gasteiger partial charge in [-0.15, -0.1) is 24.8 Å². The number of hydrogen-bond acceptors (Lipinski definition) is 2. The van der Waals surface area contributed by atoms with Crippen molar-refractivity contribution in [2.24, 2.45) is 11.7 Å². The second kappa shape index (κ2) is 5.79. The van der Waals surface area contributed by atoms with Gasteiger partial charge in [0, 0.05) is 18.5 Å². The molecule has 4 heteroatoms. The van der Waals surface area contributed by atoms with Gasteiger partial charge >= 0.3 is 0 Å². The maximum atomic E-state index is 5.72. The average molecular weight is 289 g/mol. The third-order valence-electron chi connectivity index (χ3n) is 4.44. The van der Waals surface area contributed by atoms with Crippen molar-refractivity contribution >= 4 is 24.8 Å². The fraction of sp³-hybridized carbons (Fsp3) is 0.571. The number of nitrogens with two attached hydrogens (primary N) is 1. The van der Waals surface area contributed by atoms with Gasteiger partial charge in [-0.25, -0.2) is 0 Å². The molecule has 0 amide bonds. The number of piperidine rings is 1. The van der Waals surface area contributed by atoms with Crippen LogP contribution in [0, 0.1) is 5.92 Å². The molecule has 102 valence electrons. The minimum Gasteiger partial charge on any atom is -0.326 e. The van der Waals surface area contributed by atoms with Gasteiger partial charge in [-0.3, -0.25) is 0 Å². The van der Waals surface area contributed by atoms with Gasteiger partial charge in [-0.2, -0.15) is 0 Å². The van der Waals surface area contributed by atoms with Crippen molar-refractivity contribution in [3.63, 3.8) is 0 Å². The molecule has 0 radical (unpaired) electrons. The first-order valence-corrected chi connectivity index (χ1v) is 6.23. The van der Waals surface area contributed by atoms with E-state index in [1.165, 1.54) is 37.1 Å². The monoisotopic (exact) mass is 288 g/mol. The van der Waals surface area contributed by atoms with E-state index < -0.39 is 0 Å². The van der Waals surface area contributed by atoms with Crippen molar-refractivity contribution in [3.8, 4) is 0 Å². The van der Waals surface area contributed by atoms with Crippen LogP contribution < -0.4 is 5.73 Å². The van der Waals surface area contributed by atoms with Gasteiger partial charge in [-0.1, -0.05) is 24.3 Å². The predicted molar refractivity (Wildman–Crippen MR) is 80.7 cm³/mol. The lowest BCUT2D eigenvalue weighted by molar-refractivity contribution is 0.248. The highest BCUT2D eigenvalue weighted by atomic mass is 35.5. The number of fused-ring (bicyclic) bond motifs is 1. The predicted octanol–water partition coefficient (Wildman–Crippen LogP) is 2.58. The molecule has 1 saturated heterocycles. The SMILES string of the molecule is CN1CCC2(c3cccc(CN)c3)CC2C1.Cl.Cl. The molecule has 1 aromatic rings. The second-order valence-corrected chi connectivity index (χ2v) is 5.47. The first-order valence-electron chi connectivity index (χ1n) is 6.23. The van der Waals surface area contributed by atoms with E-state index in [4.69, 9.17) is 5.73 Å². The van der Waals surface area contributed by atoms with Crippen molar-refractivity contribution in [1.82, 2.24) is 4.90 Å². The Morgan fingerprint density at radius 1 is 1.39 bits per heavy atom. The number of likely N-dealkylation sites (tertiary alicyclic amines) is 1. The summed E-state index contributed by atoms with van der Waals surface area (Å²) in [5, 5.41) is 0. The van der Waals surface area contributed by atoms with Gasteiger partial charge in [0.15, 0.2) is 0 Å². The van der Waals surface area contributed by atoms with Crippen molar-refractivity contribution in [2.75, 3.05) is 20.1 Å². The zero-order chi connectivity index (χ0) is 11.2. The number of nitrogens with zero attached hydrogens (tertiary/aromatic N) is 1. The van der Waals surface area contributed by atoms with Gasteiger partial charge in [0.2, 0.25) is 0 Å². The molecule has 1 aromatic carbocycles. The van der Waals surface area contributed by atoms with Crippen LogP contribution in [-0.4, -0.2) is 25.0 Å². The lowest BCUT2D eigenvalue weighted by Gasteiger charge is -2.29. The van der Waals surface area contributed by atoms with E-state index in [2.05, 4.69) is 36.2 Å². The van der Waals surface area contributed by atoms with Gasteiger partial charge in [0.25, 0.3) is 0 Å². The number of rotatable bonds is 2. The normalized spacial score (nSPS) is 29.8. The molecule has 2 atom stereocenters. The van der Waals surface area contributed by atoms with Crippen LogP contribution in [0.15, 0.2) is 24.3 Å². The Morgan fingerprint density at radius 2 is 2.17 bits per heavy atom. The van der Waals surface area contributed by atoms with E-state index in [9.17, 15) is 0 Å². The largest absolute Gasteiger partial charge is 0.326 e. The van der Waals surface area contributed by atoms with Crippen LogP contribution in [0.5, 0.6) is 0 Å². The summed E-state index contributed by atoms with van der Waals surface area (Å²) in [4.78, 5) is 2.46. The molecule has 2 unspecified atom stereocenters. The Hall–Kier alpha value is -0.280. The van der Waals surface area contributed by atoms with E-state index in [0.717, 1.165) is 5.92 Å². The van der Waals surface area contributed by atoms with Crippen molar-refractivity contribution < 1.29 is 0 Å². The molecular weight excluding hydrogens is 267 g/mol. The van der Waals surface area contributed by atoms with Crippen LogP contribution in [0.4, 0.5) is 0 Å². The third kappa shape index (κ3) is 2.53. The molecule has 1 heterocycles. The van der Waals surface area contributed by atoms with Crippen LogP contribution >= 0.6 is 24.8 Å². The van der Waals surface area contributed by atoms with Crippen molar-refractivity contribution in [2.45, 2.75) is 24.8 Å². The van der Waals surface area contributed by atoms with Crippen LogP contribution in [0.3, 0.4) is 0 Å². The Kier molecular flexibility index (Phi) is 5.07. The summed E-state index contributed by atoms with van der Waals surface area (Å²) in [7, 11) is 2.23.